The van der Waals surface area contributed by atoms with Crippen molar-refractivity contribution in [3.05, 3.63) is 11.3 Å². The Morgan fingerprint density at radius 2 is 1.17 bits per heavy atom. The summed E-state index contributed by atoms with van der Waals surface area (Å²) in [6.45, 7) is 9.18. The molecule has 0 saturated carbocycles. The van der Waals surface area contributed by atoms with Crippen molar-refractivity contribution in [1.82, 2.24) is 30.1 Å². The number of nitrogens with zero attached hydrogens (tertiary/aromatic N) is 6. The number of carbonyl (C=O) groups is 7. The Labute approximate surface area is 244 Å². The molecule has 3 heterocycles. The van der Waals surface area contributed by atoms with Crippen LogP contribution in [0.3, 0.4) is 0 Å². The molecule has 3 fully saturated rings. The van der Waals surface area contributed by atoms with E-state index in [0.717, 1.165) is 20.0 Å². The maximum atomic E-state index is 11.6. The quantitative estimate of drug-likeness (QED) is 0.313. The smallest absolute Gasteiger partial charge is 0.434 e. The molecule has 42 heavy (non-hydrogen) atoms. The number of aliphatic hydroxyl groups is 1. The van der Waals surface area contributed by atoms with Crippen LogP contribution in [0.1, 0.15) is 41.5 Å². The zero-order valence-electron chi connectivity index (χ0n) is 25.9. The van der Waals surface area contributed by atoms with Crippen LogP contribution in [0.25, 0.3) is 0 Å². The zero-order valence-corrected chi connectivity index (χ0v) is 25.9. The standard InChI is InChI=1S/C8H14N2O4.C8H12N2O3.C5H8N2O3.C3H6O.H2O/c1-8(2,13)5-6(11)9(3)10(4)7(12)14-5;1-5(2)6-7(11)9(3)10(4)8(12)13-6;1-6-4(8)3-10-5(9)7(6)2;1-3(2)4;/h5,13H,1-4H3;1-4H3;3H2,1-2H3;1-2H3;1H2/p-1. The monoisotopic (exact) mass is 605 g/mol. The average Bonchev–Trinajstić information content (AvgIpc) is 2.86. The molecule has 3 aliphatic heterocycles. The third-order valence-electron chi connectivity index (χ3n) is 5.36. The zero-order chi connectivity index (χ0) is 32.6. The van der Waals surface area contributed by atoms with Crippen molar-refractivity contribution < 1.29 is 58.4 Å². The van der Waals surface area contributed by atoms with E-state index in [1.165, 1.54) is 80.0 Å². The van der Waals surface area contributed by atoms with E-state index in [1.807, 2.05) is 0 Å². The number of allylic oxidation sites excluding steroid dienone is 1. The van der Waals surface area contributed by atoms with Gasteiger partial charge in [-0.3, -0.25) is 14.4 Å². The van der Waals surface area contributed by atoms with E-state index in [0.29, 0.717) is 5.57 Å². The third kappa shape index (κ3) is 10.8. The molecule has 6 amide bonds. The molecule has 0 aromatic heterocycles. The van der Waals surface area contributed by atoms with Crippen LogP contribution in [0.2, 0.25) is 0 Å². The average molecular weight is 606 g/mol. The molecule has 0 radical (unpaired) electrons. The maximum absolute atomic E-state index is 11.6. The molecule has 240 valence electrons. The number of ketones is 1. The first-order valence-electron chi connectivity index (χ1n) is 12.0. The van der Waals surface area contributed by atoms with Gasteiger partial charge in [-0.1, -0.05) is 0 Å². The van der Waals surface area contributed by atoms with Crippen LogP contribution in [0.4, 0.5) is 14.4 Å². The normalized spacial score (nSPS) is 18.7. The molecular weight excluding hydrogens is 564 g/mol. The lowest BCUT2D eigenvalue weighted by molar-refractivity contribution is -0.178. The maximum Gasteiger partial charge on any atom is 0.434 e. The van der Waals surface area contributed by atoms with Gasteiger partial charge in [0.25, 0.3) is 11.8 Å². The Kier molecular flexibility index (Phi) is 15.2. The lowest BCUT2D eigenvalue weighted by Crippen LogP contribution is -2.61. The lowest BCUT2D eigenvalue weighted by atomic mass is 10.0. The molecule has 18 heteroatoms. The van der Waals surface area contributed by atoms with Gasteiger partial charge in [0.15, 0.2) is 12.4 Å². The summed E-state index contributed by atoms with van der Waals surface area (Å²) in [5, 5.41) is 16.4. The van der Waals surface area contributed by atoms with Gasteiger partial charge in [0.2, 0.25) is 6.10 Å². The number of amides is 6. The van der Waals surface area contributed by atoms with Gasteiger partial charge < -0.3 is 29.6 Å². The van der Waals surface area contributed by atoms with Crippen LogP contribution in [0.5, 0.6) is 0 Å². The van der Waals surface area contributed by atoms with Crippen molar-refractivity contribution in [2.45, 2.75) is 53.2 Å². The van der Waals surface area contributed by atoms with Gasteiger partial charge in [0.05, 0.1) is 0 Å². The van der Waals surface area contributed by atoms with Gasteiger partial charge in [-0.05, 0) is 47.1 Å². The van der Waals surface area contributed by atoms with E-state index < -0.39 is 35.9 Å². The highest BCUT2D eigenvalue weighted by Crippen LogP contribution is 2.21. The number of carbonyl (C=O) groups excluding carboxylic acids is 7. The van der Waals surface area contributed by atoms with Gasteiger partial charge in [-0.2, -0.15) is 0 Å². The number of rotatable bonds is 1. The fraction of sp³-hybridized carbons (Fsp3) is 0.625. The second-order valence-electron chi connectivity index (χ2n) is 9.76. The van der Waals surface area contributed by atoms with Crippen molar-refractivity contribution in [3.63, 3.8) is 0 Å². The largest absolute Gasteiger partial charge is 0.870 e. The van der Waals surface area contributed by atoms with Crippen molar-refractivity contribution in [1.29, 1.82) is 0 Å². The number of ether oxygens (including phenoxy) is 3. The van der Waals surface area contributed by atoms with Crippen LogP contribution in [-0.4, -0.2) is 143 Å². The predicted molar refractivity (Wildman–Crippen MR) is 143 cm³/mol. The Morgan fingerprint density at radius 3 is 1.57 bits per heavy atom. The van der Waals surface area contributed by atoms with E-state index in [-0.39, 0.29) is 35.4 Å². The number of Topliss-reactive ketones (excluding diaryl/α,β-unsaturated/α-hetero) is 1. The molecule has 2 N–H and O–H groups in total. The molecule has 0 aliphatic carbocycles. The highest BCUT2D eigenvalue weighted by Gasteiger charge is 2.44. The number of hydrogen-bond donors (Lipinski definition) is 1. The topological polar surface area (TPSA) is 217 Å². The molecule has 1 atom stereocenters. The van der Waals surface area contributed by atoms with Crippen molar-refractivity contribution in [2.75, 3.05) is 48.9 Å². The third-order valence-corrected chi connectivity index (χ3v) is 5.36. The van der Waals surface area contributed by atoms with Gasteiger partial charge in [0, 0.05) is 42.3 Å². The number of hydrazine groups is 3. The van der Waals surface area contributed by atoms with Crippen molar-refractivity contribution in [3.8, 4) is 0 Å². The molecule has 18 nitrogen and oxygen atoms in total. The Balaban J connectivity index is 0. The first-order valence-corrected chi connectivity index (χ1v) is 12.0. The minimum atomic E-state index is -1.37. The van der Waals surface area contributed by atoms with Crippen molar-refractivity contribution >= 4 is 41.8 Å². The molecule has 3 saturated heterocycles. The summed E-state index contributed by atoms with van der Waals surface area (Å²) in [4.78, 5) is 76.3. The minimum absolute atomic E-state index is 0. The second-order valence-corrected chi connectivity index (χ2v) is 9.76. The number of likely N-dealkylation sites (N-methyl/N-ethyl adjacent to an activating group) is 3. The van der Waals surface area contributed by atoms with Crippen LogP contribution in [0.15, 0.2) is 11.3 Å². The number of hydrogen-bond acceptors (Lipinski definition) is 12. The summed E-state index contributed by atoms with van der Waals surface area (Å²) in [5.74, 6) is -0.686. The van der Waals surface area contributed by atoms with E-state index >= 15 is 0 Å². The molecule has 3 aliphatic rings. The molecule has 3 rings (SSSR count). The molecule has 0 bridgehead atoms. The molecule has 0 aromatic rings. The summed E-state index contributed by atoms with van der Waals surface area (Å²) < 4.78 is 14.1. The van der Waals surface area contributed by atoms with Crippen LogP contribution < -0.4 is 0 Å². The van der Waals surface area contributed by atoms with Gasteiger partial charge in [-0.15, -0.1) is 0 Å². The minimum Gasteiger partial charge on any atom is -0.870 e. The Morgan fingerprint density at radius 1 is 0.738 bits per heavy atom. The van der Waals surface area contributed by atoms with Crippen molar-refractivity contribution in [2.24, 2.45) is 0 Å². The highest BCUT2D eigenvalue weighted by molar-refractivity contribution is 5.97. The fourth-order valence-electron chi connectivity index (χ4n) is 2.63. The first kappa shape index (κ1) is 39.7. The van der Waals surface area contributed by atoms with Gasteiger partial charge in [-0.25, -0.2) is 44.4 Å². The fourth-order valence-corrected chi connectivity index (χ4v) is 2.63. The highest BCUT2D eigenvalue weighted by atomic mass is 16.6. The summed E-state index contributed by atoms with van der Waals surface area (Å²) in [5.41, 5.74) is -0.680. The van der Waals surface area contributed by atoms with E-state index in [1.54, 1.807) is 13.8 Å². The second kappa shape index (κ2) is 16.1. The van der Waals surface area contributed by atoms with E-state index in [4.69, 9.17) is 9.47 Å². The summed E-state index contributed by atoms with van der Waals surface area (Å²) in [6.07, 6.45) is -2.84. The van der Waals surface area contributed by atoms with E-state index in [9.17, 15) is 38.7 Å². The predicted octanol–water partition coefficient (Wildman–Crippen LogP) is 0.177. The Hall–Kier alpha value is -4.45. The van der Waals surface area contributed by atoms with Gasteiger partial charge in [0.1, 0.15) is 11.4 Å². The molecule has 0 spiro atoms. The van der Waals surface area contributed by atoms with Crippen LogP contribution in [0, 0.1) is 0 Å². The van der Waals surface area contributed by atoms with E-state index in [2.05, 4.69) is 4.74 Å². The first-order chi connectivity index (χ1) is 18.6. The summed E-state index contributed by atoms with van der Waals surface area (Å²) in [6, 6.07) is 0. The SMILES string of the molecule is CC(C)=C1OC(=O)N(C)N(C)C1=O.CC(C)=O.CN1C(=O)COC(=O)N1C.CN1C(=O)OC(C(C)(C)O)C(=O)N1C.[OH-]. The summed E-state index contributed by atoms with van der Waals surface area (Å²) >= 11 is 0. The number of cyclic esters (lactones) is 3. The lowest BCUT2D eigenvalue weighted by Gasteiger charge is -2.39. The van der Waals surface area contributed by atoms with Gasteiger partial charge >= 0.3 is 24.2 Å². The Bertz CT molecular complexity index is 1060. The van der Waals surface area contributed by atoms with Crippen LogP contribution >= 0.6 is 0 Å². The van der Waals surface area contributed by atoms with Crippen LogP contribution in [-0.2, 0) is 33.4 Å². The molecule has 0 aromatic carbocycles. The molecule has 1 unspecified atom stereocenters. The summed E-state index contributed by atoms with van der Waals surface area (Å²) in [7, 11) is 8.85. The molecular formula is C24H41N6O12-.